The monoisotopic (exact) mass is 189 g/mol. The Morgan fingerprint density at radius 1 is 1.21 bits per heavy atom. The Morgan fingerprint density at radius 3 is 2.64 bits per heavy atom. The molecular weight excluding hydrogens is 174 g/mol. The minimum absolute atomic E-state index is 0.565. The van der Waals surface area contributed by atoms with Gasteiger partial charge < -0.3 is 16.0 Å². The Kier molecular flexibility index (Phi) is 2.27. The summed E-state index contributed by atoms with van der Waals surface area (Å²) in [5.74, 6) is 0. The van der Waals surface area contributed by atoms with Crippen LogP contribution in [-0.2, 0) is 20.1 Å². The van der Waals surface area contributed by atoms with E-state index in [1.54, 1.807) is 0 Å². The molecule has 0 saturated heterocycles. The lowest BCUT2D eigenvalue weighted by atomic mass is 10.1. The minimum Gasteiger partial charge on any atom is -0.346 e. The van der Waals surface area contributed by atoms with Gasteiger partial charge in [0.15, 0.2) is 0 Å². The third-order valence-electron chi connectivity index (χ3n) is 2.71. The summed E-state index contributed by atoms with van der Waals surface area (Å²) in [4.78, 5) is 0. The van der Waals surface area contributed by atoms with Crippen LogP contribution in [0.15, 0.2) is 24.3 Å². The second-order valence-electron chi connectivity index (χ2n) is 3.45. The Hall–Kier alpha value is -1.32. The van der Waals surface area contributed by atoms with Crippen LogP contribution < -0.4 is 11.5 Å². The van der Waals surface area contributed by atoms with Crippen molar-refractivity contribution in [1.82, 2.24) is 4.57 Å². The zero-order valence-corrected chi connectivity index (χ0v) is 8.33. The third kappa shape index (κ3) is 1.22. The SMILES string of the molecule is Cn1c(CN)cc2c(CN)cccc21. The maximum absolute atomic E-state index is 5.68. The number of nitrogens with zero attached hydrogens (tertiary/aromatic N) is 1. The smallest absolute Gasteiger partial charge is 0.0483 e. The second kappa shape index (κ2) is 3.44. The molecule has 1 aromatic carbocycles. The predicted octanol–water partition coefficient (Wildman–Crippen LogP) is 1.10. The first kappa shape index (κ1) is 9.24. The van der Waals surface area contributed by atoms with Crippen molar-refractivity contribution >= 4 is 10.9 Å². The van der Waals surface area contributed by atoms with Crippen molar-refractivity contribution in [2.75, 3.05) is 0 Å². The van der Waals surface area contributed by atoms with Gasteiger partial charge in [-0.25, -0.2) is 0 Å². The number of benzene rings is 1. The second-order valence-corrected chi connectivity index (χ2v) is 3.45. The van der Waals surface area contributed by atoms with Gasteiger partial charge >= 0.3 is 0 Å². The number of rotatable bonds is 2. The van der Waals surface area contributed by atoms with Gasteiger partial charge in [-0.1, -0.05) is 12.1 Å². The molecule has 4 N–H and O–H groups in total. The fourth-order valence-corrected chi connectivity index (χ4v) is 1.85. The molecule has 2 aromatic rings. The summed E-state index contributed by atoms with van der Waals surface area (Å²) in [6, 6.07) is 8.30. The molecule has 0 amide bonds. The molecule has 0 aliphatic heterocycles. The molecule has 0 saturated carbocycles. The number of aromatic nitrogens is 1. The van der Waals surface area contributed by atoms with E-state index in [1.807, 2.05) is 13.1 Å². The van der Waals surface area contributed by atoms with Crippen molar-refractivity contribution in [3.8, 4) is 0 Å². The third-order valence-corrected chi connectivity index (χ3v) is 2.71. The summed E-state index contributed by atoms with van der Waals surface area (Å²) < 4.78 is 2.12. The minimum atomic E-state index is 0.565. The van der Waals surface area contributed by atoms with Gasteiger partial charge in [-0.15, -0.1) is 0 Å². The van der Waals surface area contributed by atoms with E-state index in [2.05, 4.69) is 22.8 Å². The molecule has 0 unspecified atom stereocenters. The molecule has 74 valence electrons. The van der Waals surface area contributed by atoms with E-state index < -0.39 is 0 Å². The highest BCUT2D eigenvalue weighted by Gasteiger charge is 2.06. The first-order chi connectivity index (χ1) is 6.77. The highest BCUT2D eigenvalue weighted by atomic mass is 15.0. The summed E-state index contributed by atoms with van der Waals surface area (Å²) in [7, 11) is 2.03. The van der Waals surface area contributed by atoms with E-state index in [-0.39, 0.29) is 0 Å². The van der Waals surface area contributed by atoms with Crippen LogP contribution in [0.3, 0.4) is 0 Å². The van der Waals surface area contributed by atoms with Crippen molar-refractivity contribution in [2.24, 2.45) is 18.5 Å². The molecule has 0 radical (unpaired) electrons. The zero-order valence-electron chi connectivity index (χ0n) is 8.33. The van der Waals surface area contributed by atoms with Crippen LogP contribution in [0, 0.1) is 0 Å². The maximum atomic E-state index is 5.68. The summed E-state index contributed by atoms with van der Waals surface area (Å²) in [6.45, 7) is 1.14. The van der Waals surface area contributed by atoms with Crippen molar-refractivity contribution in [3.05, 3.63) is 35.5 Å². The molecule has 3 heteroatoms. The van der Waals surface area contributed by atoms with Gasteiger partial charge in [0, 0.05) is 36.7 Å². The molecule has 0 spiro atoms. The van der Waals surface area contributed by atoms with Crippen LogP contribution in [0.25, 0.3) is 10.9 Å². The van der Waals surface area contributed by atoms with Crippen molar-refractivity contribution < 1.29 is 0 Å². The summed E-state index contributed by atoms with van der Waals surface area (Å²) in [6.07, 6.45) is 0. The molecule has 2 rings (SSSR count). The maximum Gasteiger partial charge on any atom is 0.0483 e. The Labute approximate surface area is 83.3 Å². The molecule has 1 aromatic heterocycles. The van der Waals surface area contributed by atoms with E-state index in [4.69, 9.17) is 11.5 Å². The first-order valence-corrected chi connectivity index (χ1v) is 4.74. The average Bonchev–Trinajstić information content (AvgIpc) is 2.55. The fraction of sp³-hybridized carbons (Fsp3) is 0.273. The first-order valence-electron chi connectivity index (χ1n) is 4.74. The lowest BCUT2D eigenvalue weighted by Gasteiger charge is -2.01. The topological polar surface area (TPSA) is 57.0 Å². The van der Waals surface area contributed by atoms with Gasteiger partial charge in [0.25, 0.3) is 0 Å². The molecule has 0 aliphatic rings. The molecule has 0 aliphatic carbocycles. The van der Waals surface area contributed by atoms with E-state index in [0.29, 0.717) is 13.1 Å². The van der Waals surface area contributed by atoms with E-state index in [1.165, 1.54) is 16.5 Å². The largest absolute Gasteiger partial charge is 0.346 e. The van der Waals surface area contributed by atoms with Crippen LogP contribution >= 0.6 is 0 Å². The van der Waals surface area contributed by atoms with Gasteiger partial charge in [0.2, 0.25) is 0 Å². The molecular formula is C11H15N3. The van der Waals surface area contributed by atoms with Crippen molar-refractivity contribution in [1.29, 1.82) is 0 Å². The van der Waals surface area contributed by atoms with Crippen LogP contribution in [-0.4, -0.2) is 4.57 Å². The highest BCUT2D eigenvalue weighted by Crippen LogP contribution is 2.21. The predicted molar refractivity (Wildman–Crippen MR) is 58.7 cm³/mol. The van der Waals surface area contributed by atoms with Gasteiger partial charge in [0.05, 0.1) is 0 Å². The highest BCUT2D eigenvalue weighted by molar-refractivity contribution is 5.84. The lowest BCUT2D eigenvalue weighted by molar-refractivity contribution is 0.849. The van der Waals surface area contributed by atoms with Crippen molar-refractivity contribution in [2.45, 2.75) is 13.1 Å². The zero-order chi connectivity index (χ0) is 10.1. The normalized spacial score (nSPS) is 11.1. The van der Waals surface area contributed by atoms with E-state index in [0.717, 1.165) is 5.69 Å². The summed E-state index contributed by atoms with van der Waals surface area (Å²) >= 11 is 0. The molecule has 3 nitrogen and oxygen atoms in total. The fourth-order valence-electron chi connectivity index (χ4n) is 1.85. The van der Waals surface area contributed by atoms with Gasteiger partial charge in [-0.2, -0.15) is 0 Å². The van der Waals surface area contributed by atoms with E-state index in [9.17, 15) is 0 Å². The molecule has 1 heterocycles. The number of nitrogens with two attached hydrogens (primary N) is 2. The Bertz CT molecular complexity index is 457. The number of hydrogen-bond acceptors (Lipinski definition) is 2. The van der Waals surface area contributed by atoms with Crippen molar-refractivity contribution in [3.63, 3.8) is 0 Å². The summed E-state index contributed by atoms with van der Waals surface area (Å²) in [5, 5.41) is 1.22. The Balaban J connectivity index is 2.77. The van der Waals surface area contributed by atoms with Crippen LogP contribution in [0.2, 0.25) is 0 Å². The van der Waals surface area contributed by atoms with Crippen LogP contribution in [0.5, 0.6) is 0 Å². The summed E-state index contributed by atoms with van der Waals surface area (Å²) in [5.41, 5.74) is 14.9. The molecule has 14 heavy (non-hydrogen) atoms. The van der Waals surface area contributed by atoms with E-state index >= 15 is 0 Å². The number of aryl methyl sites for hydroxylation is 1. The Morgan fingerprint density at radius 2 is 2.00 bits per heavy atom. The van der Waals surface area contributed by atoms with Crippen LogP contribution in [0.4, 0.5) is 0 Å². The quantitative estimate of drug-likeness (QED) is 0.743. The standard InChI is InChI=1S/C11H15N3/c1-14-9(7-13)5-10-8(6-12)3-2-4-11(10)14/h2-5H,6-7,12-13H2,1H3. The molecule has 0 bridgehead atoms. The van der Waals surface area contributed by atoms with Crippen LogP contribution in [0.1, 0.15) is 11.3 Å². The van der Waals surface area contributed by atoms with Gasteiger partial charge in [0.1, 0.15) is 0 Å². The number of fused-ring (bicyclic) bond motifs is 1. The molecule has 0 atom stereocenters. The lowest BCUT2D eigenvalue weighted by Crippen LogP contribution is -2.02. The number of hydrogen-bond donors (Lipinski definition) is 2. The average molecular weight is 189 g/mol. The van der Waals surface area contributed by atoms with Gasteiger partial charge in [-0.05, 0) is 17.7 Å². The molecule has 0 fully saturated rings. The van der Waals surface area contributed by atoms with Gasteiger partial charge in [-0.3, -0.25) is 0 Å².